The minimum absolute atomic E-state index is 0. The van der Waals surface area contributed by atoms with Crippen molar-refractivity contribution in [3.63, 3.8) is 0 Å². The highest BCUT2D eigenvalue weighted by molar-refractivity contribution is 14.0. The van der Waals surface area contributed by atoms with Crippen LogP contribution in [0.1, 0.15) is 31.9 Å². The van der Waals surface area contributed by atoms with Crippen LogP contribution in [-0.4, -0.2) is 49.1 Å². The average molecular weight is 431 g/mol. The zero-order valence-corrected chi connectivity index (χ0v) is 16.6. The van der Waals surface area contributed by atoms with E-state index >= 15 is 0 Å². The molecular formula is C17H30IN5. The van der Waals surface area contributed by atoms with Crippen LogP contribution >= 0.6 is 24.0 Å². The number of hydrogen-bond acceptors (Lipinski definition) is 3. The summed E-state index contributed by atoms with van der Waals surface area (Å²) in [5.74, 6) is 1.61. The van der Waals surface area contributed by atoms with Crippen molar-refractivity contribution in [2.75, 3.05) is 33.2 Å². The van der Waals surface area contributed by atoms with Crippen LogP contribution in [0.15, 0.2) is 29.4 Å². The van der Waals surface area contributed by atoms with Crippen molar-refractivity contribution in [3.8, 4) is 0 Å². The monoisotopic (exact) mass is 431 g/mol. The fraction of sp³-hybridized carbons (Fsp3) is 0.647. The molecule has 23 heavy (non-hydrogen) atoms. The summed E-state index contributed by atoms with van der Waals surface area (Å²) in [5.41, 5.74) is 1.03. The number of halogens is 1. The molecule has 0 amide bonds. The van der Waals surface area contributed by atoms with Gasteiger partial charge in [0.2, 0.25) is 0 Å². The zero-order chi connectivity index (χ0) is 15.6. The summed E-state index contributed by atoms with van der Waals surface area (Å²) >= 11 is 0. The van der Waals surface area contributed by atoms with Gasteiger partial charge in [0.25, 0.3) is 0 Å². The normalized spacial score (nSPS) is 16.7. The SMILES string of the molecule is CCCN1CCC(CNC(=NC)NCc2ccccn2)CC1.I. The maximum Gasteiger partial charge on any atom is 0.191 e. The van der Waals surface area contributed by atoms with Crippen LogP contribution in [0.25, 0.3) is 0 Å². The molecule has 0 aromatic carbocycles. The molecule has 5 nitrogen and oxygen atoms in total. The molecular weight excluding hydrogens is 401 g/mol. The highest BCUT2D eigenvalue weighted by atomic mass is 127. The Hall–Kier alpha value is -0.890. The fourth-order valence-corrected chi connectivity index (χ4v) is 2.87. The van der Waals surface area contributed by atoms with Crippen LogP contribution in [0.5, 0.6) is 0 Å². The number of pyridine rings is 1. The molecule has 0 atom stereocenters. The Labute approximate surface area is 157 Å². The standard InChI is InChI=1S/C17H29N5.HI/c1-3-10-22-11-7-15(8-12-22)13-20-17(18-2)21-14-16-6-4-5-9-19-16;/h4-6,9,15H,3,7-8,10-14H2,1-2H3,(H2,18,20,21);1H. The van der Waals surface area contributed by atoms with Crippen molar-refractivity contribution >= 4 is 29.9 Å². The molecule has 0 bridgehead atoms. The Morgan fingerprint density at radius 3 is 2.70 bits per heavy atom. The lowest BCUT2D eigenvalue weighted by molar-refractivity contribution is 0.185. The zero-order valence-electron chi connectivity index (χ0n) is 14.3. The van der Waals surface area contributed by atoms with Crippen LogP contribution in [0, 0.1) is 5.92 Å². The second-order valence-electron chi connectivity index (χ2n) is 5.91. The molecule has 1 aliphatic rings. The van der Waals surface area contributed by atoms with Gasteiger partial charge in [0, 0.05) is 19.8 Å². The van der Waals surface area contributed by atoms with Crippen molar-refractivity contribution in [3.05, 3.63) is 30.1 Å². The molecule has 1 saturated heterocycles. The van der Waals surface area contributed by atoms with Crippen molar-refractivity contribution < 1.29 is 0 Å². The molecule has 1 aromatic heterocycles. The van der Waals surface area contributed by atoms with Gasteiger partial charge in [-0.1, -0.05) is 13.0 Å². The number of aliphatic imine (C=N–C) groups is 1. The van der Waals surface area contributed by atoms with Crippen molar-refractivity contribution in [2.45, 2.75) is 32.7 Å². The molecule has 2 heterocycles. The summed E-state index contributed by atoms with van der Waals surface area (Å²) in [6.07, 6.45) is 5.64. The third-order valence-corrected chi connectivity index (χ3v) is 4.19. The number of nitrogens with zero attached hydrogens (tertiary/aromatic N) is 3. The Bertz CT molecular complexity index is 444. The van der Waals surface area contributed by atoms with E-state index in [0.717, 1.165) is 24.1 Å². The Morgan fingerprint density at radius 2 is 2.09 bits per heavy atom. The third kappa shape index (κ3) is 7.48. The van der Waals surface area contributed by atoms with Gasteiger partial charge >= 0.3 is 0 Å². The lowest BCUT2D eigenvalue weighted by Gasteiger charge is -2.32. The second-order valence-corrected chi connectivity index (χ2v) is 5.91. The van der Waals surface area contributed by atoms with E-state index < -0.39 is 0 Å². The van der Waals surface area contributed by atoms with Crippen LogP contribution < -0.4 is 10.6 Å². The first-order valence-corrected chi connectivity index (χ1v) is 8.38. The lowest BCUT2D eigenvalue weighted by atomic mass is 9.97. The second kappa shape index (κ2) is 11.6. The van der Waals surface area contributed by atoms with Gasteiger partial charge < -0.3 is 15.5 Å². The maximum absolute atomic E-state index is 4.31. The van der Waals surface area contributed by atoms with Gasteiger partial charge in [-0.25, -0.2) is 0 Å². The molecule has 1 aliphatic heterocycles. The topological polar surface area (TPSA) is 52.5 Å². The van der Waals surface area contributed by atoms with Gasteiger partial charge in [0.05, 0.1) is 12.2 Å². The molecule has 1 fully saturated rings. The van der Waals surface area contributed by atoms with Gasteiger partial charge in [-0.3, -0.25) is 9.98 Å². The van der Waals surface area contributed by atoms with Crippen LogP contribution in [0.3, 0.4) is 0 Å². The molecule has 2 N–H and O–H groups in total. The van der Waals surface area contributed by atoms with Gasteiger partial charge in [-0.2, -0.15) is 0 Å². The highest BCUT2D eigenvalue weighted by Gasteiger charge is 2.18. The summed E-state index contributed by atoms with van der Waals surface area (Å²) in [6.45, 7) is 7.68. The molecule has 1 aromatic rings. The average Bonchev–Trinajstić information content (AvgIpc) is 2.57. The van der Waals surface area contributed by atoms with E-state index in [1.807, 2.05) is 31.4 Å². The summed E-state index contributed by atoms with van der Waals surface area (Å²) in [5, 5.41) is 6.77. The van der Waals surface area contributed by atoms with E-state index in [1.165, 1.54) is 38.9 Å². The summed E-state index contributed by atoms with van der Waals surface area (Å²) in [7, 11) is 1.82. The quantitative estimate of drug-likeness (QED) is 0.413. The minimum Gasteiger partial charge on any atom is -0.356 e. The van der Waals surface area contributed by atoms with Gasteiger partial charge in [-0.15, -0.1) is 24.0 Å². The van der Waals surface area contributed by atoms with Gasteiger partial charge in [0.1, 0.15) is 0 Å². The molecule has 6 heteroatoms. The molecule has 130 valence electrons. The lowest BCUT2D eigenvalue weighted by Crippen LogP contribution is -2.42. The van der Waals surface area contributed by atoms with E-state index in [2.05, 4.69) is 32.4 Å². The van der Waals surface area contributed by atoms with E-state index in [1.54, 1.807) is 0 Å². The largest absolute Gasteiger partial charge is 0.356 e. The summed E-state index contributed by atoms with van der Waals surface area (Å²) in [4.78, 5) is 11.2. The number of piperidine rings is 1. The van der Waals surface area contributed by atoms with Crippen molar-refractivity contribution in [1.29, 1.82) is 0 Å². The van der Waals surface area contributed by atoms with Crippen molar-refractivity contribution in [1.82, 2.24) is 20.5 Å². The number of aromatic nitrogens is 1. The Balaban J connectivity index is 0.00000264. The Kier molecular flexibility index (Phi) is 10.2. The minimum atomic E-state index is 0. The number of hydrogen-bond donors (Lipinski definition) is 2. The first-order valence-electron chi connectivity index (χ1n) is 8.38. The molecule has 0 saturated carbocycles. The Morgan fingerprint density at radius 1 is 1.30 bits per heavy atom. The van der Waals surface area contributed by atoms with Crippen molar-refractivity contribution in [2.24, 2.45) is 10.9 Å². The van der Waals surface area contributed by atoms with Crippen LogP contribution in [-0.2, 0) is 6.54 Å². The first kappa shape index (κ1) is 20.2. The molecule has 0 radical (unpaired) electrons. The number of rotatable bonds is 6. The predicted molar refractivity (Wildman–Crippen MR) is 107 cm³/mol. The van der Waals surface area contributed by atoms with E-state index in [9.17, 15) is 0 Å². The van der Waals surface area contributed by atoms with E-state index in [-0.39, 0.29) is 24.0 Å². The maximum atomic E-state index is 4.31. The van der Waals surface area contributed by atoms with Crippen LogP contribution in [0.2, 0.25) is 0 Å². The predicted octanol–water partition coefficient (Wildman–Crippen LogP) is 2.49. The first-order chi connectivity index (χ1) is 10.8. The smallest absolute Gasteiger partial charge is 0.191 e. The van der Waals surface area contributed by atoms with E-state index in [4.69, 9.17) is 0 Å². The van der Waals surface area contributed by atoms with Crippen LogP contribution in [0.4, 0.5) is 0 Å². The molecule has 0 unspecified atom stereocenters. The molecule has 2 rings (SSSR count). The number of likely N-dealkylation sites (tertiary alicyclic amines) is 1. The van der Waals surface area contributed by atoms with E-state index in [0.29, 0.717) is 6.54 Å². The third-order valence-electron chi connectivity index (χ3n) is 4.19. The summed E-state index contributed by atoms with van der Waals surface area (Å²) in [6, 6.07) is 5.95. The number of nitrogens with one attached hydrogen (secondary N) is 2. The van der Waals surface area contributed by atoms with Gasteiger partial charge in [-0.05, 0) is 56.9 Å². The number of guanidine groups is 1. The fourth-order valence-electron chi connectivity index (χ4n) is 2.87. The highest BCUT2D eigenvalue weighted by Crippen LogP contribution is 2.16. The summed E-state index contributed by atoms with van der Waals surface area (Å²) < 4.78 is 0. The molecule has 0 aliphatic carbocycles. The molecule has 0 spiro atoms. The van der Waals surface area contributed by atoms with Gasteiger partial charge in [0.15, 0.2) is 5.96 Å².